The van der Waals surface area contributed by atoms with Gasteiger partial charge in [0.05, 0.1) is 6.61 Å². The lowest BCUT2D eigenvalue weighted by Crippen LogP contribution is -2.35. The summed E-state index contributed by atoms with van der Waals surface area (Å²) in [6, 6.07) is 0. The summed E-state index contributed by atoms with van der Waals surface area (Å²) in [5, 5.41) is 12.4. The third-order valence-electron chi connectivity index (χ3n) is 9.13. The molecule has 0 saturated heterocycles. The SMILES string of the molecule is CCCCCCCC/C=C\CCCCCCCCCCCC(=O)OC(CCCCCCC/C=C\CCCCCCCC)NCCO. The van der Waals surface area contributed by atoms with E-state index in [9.17, 15) is 9.90 Å². The number of nitrogens with one attached hydrogen (secondary N) is 1. The van der Waals surface area contributed by atoms with E-state index in [0.29, 0.717) is 13.0 Å². The Bertz CT molecular complexity index is 647. The van der Waals surface area contributed by atoms with E-state index in [4.69, 9.17) is 4.74 Å². The molecule has 0 aliphatic carbocycles. The molecule has 4 heteroatoms. The van der Waals surface area contributed by atoms with Gasteiger partial charge in [-0.15, -0.1) is 0 Å². The lowest BCUT2D eigenvalue weighted by Gasteiger charge is -2.19. The second kappa shape index (κ2) is 40.0. The lowest BCUT2D eigenvalue weighted by atomic mass is 10.1. The number of hydrogen-bond donors (Lipinski definition) is 2. The van der Waals surface area contributed by atoms with E-state index in [1.165, 1.54) is 173 Å². The summed E-state index contributed by atoms with van der Waals surface area (Å²) in [6.45, 7) is 5.09. The Labute approximate surface area is 288 Å². The first-order chi connectivity index (χ1) is 22.7. The van der Waals surface area contributed by atoms with Crippen molar-refractivity contribution < 1.29 is 14.6 Å². The van der Waals surface area contributed by atoms with Gasteiger partial charge in [-0.05, 0) is 70.6 Å². The number of unbranched alkanes of at least 4 members (excludes halogenated alkanes) is 26. The summed E-state index contributed by atoms with van der Waals surface area (Å²) in [5.74, 6) is -0.0933. The number of aliphatic hydroxyl groups excluding tert-OH is 1. The lowest BCUT2D eigenvalue weighted by molar-refractivity contribution is -0.151. The zero-order valence-electron chi connectivity index (χ0n) is 31.2. The maximum atomic E-state index is 12.4. The summed E-state index contributed by atoms with van der Waals surface area (Å²) in [6.07, 6.45) is 49.4. The molecule has 0 saturated carbocycles. The van der Waals surface area contributed by atoms with Crippen LogP contribution in [0.15, 0.2) is 24.3 Å². The van der Waals surface area contributed by atoms with E-state index in [0.717, 1.165) is 25.7 Å². The summed E-state index contributed by atoms with van der Waals surface area (Å²) in [5.41, 5.74) is 0. The molecule has 1 atom stereocenters. The molecule has 1 unspecified atom stereocenters. The Morgan fingerprint density at radius 2 is 0.870 bits per heavy atom. The minimum atomic E-state index is -0.264. The average Bonchev–Trinajstić information content (AvgIpc) is 3.06. The first kappa shape index (κ1) is 44.9. The molecule has 0 radical (unpaired) electrons. The summed E-state index contributed by atoms with van der Waals surface area (Å²) < 4.78 is 5.73. The number of carbonyl (C=O) groups excluding carboxylic acids is 1. The molecule has 0 heterocycles. The van der Waals surface area contributed by atoms with Crippen LogP contribution in [0.5, 0.6) is 0 Å². The van der Waals surface area contributed by atoms with Gasteiger partial charge in [-0.25, -0.2) is 0 Å². The molecule has 4 nitrogen and oxygen atoms in total. The second-order valence-corrected chi connectivity index (χ2v) is 13.8. The molecule has 0 fully saturated rings. The molecular weight excluding hydrogens is 566 g/mol. The van der Waals surface area contributed by atoms with Gasteiger partial charge in [0, 0.05) is 13.0 Å². The van der Waals surface area contributed by atoms with Crippen molar-refractivity contribution in [2.75, 3.05) is 13.2 Å². The number of allylic oxidation sites excluding steroid dienone is 4. The van der Waals surface area contributed by atoms with E-state index in [1.54, 1.807) is 0 Å². The van der Waals surface area contributed by atoms with Crippen LogP contribution in [0.1, 0.15) is 219 Å². The maximum absolute atomic E-state index is 12.4. The fourth-order valence-corrected chi connectivity index (χ4v) is 6.09. The zero-order valence-corrected chi connectivity index (χ0v) is 31.2. The maximum Gasteiger partial charge on any atom is 0.307 e. The number of carbonyl (C=O) groups is 1. The van der Waals surface area contributed by atoms with Crippen molar-refractivity contribution in [3.05, 3.63) is 24.3 Å². The number of rotatable bonds is 38. The third-order valence-corrected chi connectivity index (χ3v) is 9.13. The Balaban J connectivity index is 3.62. The van der Waals surface area contributed by atoms with Gasteiger partial charge < -0.3 is 9.84 Å². The van der Waals surface area contributed by atoms with Crippen LogP contribution >= 0.6 is 0 Å². The fraction of sp³-hybridized carbons (Fsp3) is 0.881. The fourth-order valence-electron chi connectivity index (χ4n) is 6.09. The highest BCUT2D eigenvalue weighted by Gasteiger charge is 2.13. The number of aliphatic hydroxyl groups is 1. The van der Waals surface area contributed by atoms with Gasteiger partial charge in [-0.1, -0.05) is 167 Å². The van der Waals surface area contributed by atoms with E-state index in [1.807, 2.05) is 0 Å². The molecule has 0 aromatic carbocycles. The highest BCUT2D eigenvalue weighted by atomic mass is 16.6. The molecule has 0 rings (SSSR count). The van der Waals surface area contributed by atoms with Crippen LogP contribution in [0.25, 0.3) is 0 Å². The molecule has 0 aromatic heterocycles. The summed E-state index contributed by atoms with van der Waals surface area (Å²) in [4.78, 5) is 12.4. The predicted molar refractivity (Wildman–Crippen MR) is 202 cm³/mol. The normalized spacial score (nSPS) is 12.5. The van der Waals surface area contributed by atoms with Gasteiger partial charge in [-0.2, -0.15) is 0 Å². The number of ether oxygens (including phenoxy) is 1. The van der Waals surface area contributed by atoms with Crippen molar-refractivity contribution in [1.29, 1.82) is 0 Å². The Morgan fingerprint density at radius 1 is 0.522 bits per heavy atom. The van der Waals surface area contributed by atoms with E-state index in [2.05, 4.69) is 43.5 Å². The van der Waals surface area contributed by atoms with Crippen LogP contribution in [0.4, 0.5) is 0 Å². The van der Waals surface area contributed by atoms with Crippen molar-refractivity contribution >= 4 is 5.97 Å². The Kier molecular flexibility index (Phi) is 39.1. The molecule has 2 N–H and O–H groups in total. The standard InChI is InChI=1S/C42H81NO3/c1-3-5-7-9-11-13-15-17-19-20-21-22-24-26-28-30-32-34-36-38-42(45)46-41(43-39-40-44)37-35-33-31-29-27-25-23-18-16-14-12-10-8-6-4-2/h17-19,23,41,43-44H,3-16,20-22,24-40H2,1-2H3/b19-17-,23-18-. The molecule has 46 heavy (non-hydrogen) atoms. The zero-order chi connectivity index (χ0) is 33.4. The quantitative estimate of drug-likeness (QED) is 0.0303. The molecule has 0 bridgehead atoms. The molecule has 0 aromatic rings. The van der Waals surface area contributed by atoms with E-state index in [-0.39, 0.29) is 18.8 Å². The highest BCUT2D eigenvalue weighted by molar-refractivity contribution is 5.69. The largest absolute Gasteiger partial charge is 0.447 e. The van der Waals surface area contributed by atoms with Crippen LogP contribution < -0.4 is 5.32 Å². The smallest absolute Gasteiger partial charge is 0.307 e. The highest BCUT2D eigenvalue weighted by Crippen LogP contribution is 2.15. The van der Waals surface area contributed by atoms with Gasteiger partial charge in [0.1, 0.15) is 0 Å². The summed E-state index contributed by atoms with van der Waals surface area (Å²) >= 11 is 0. The monoisotopic (exact) mass is 648 g/mol. The first-order valence-electron chi connectivity index (χ1n) is 20.6. The third kappa shape index (κ3) is 37.3. The van der Waals surface area contributed by atoms with Crippen LogP contribution in [-0.2, 0) is 9.53 Å². The van der Waals surface area contributed by atoms with Crippen molar-refractivity contribution in [3.8, 4) is 0 Å². The minimum absolute atomic E-state index is 0.0663. The molecular formula is C42H81NO3. The van der Waals surface area contributed by atoms with Gasteiger partial charge in [0.25, 0.3) is 0 Å². The van der Waals surface area contributed by atoms with Crippen molar-refractivity contribution in [3.63, 3.8) is 0 Å². The average molecular weight is 648 g/mol. The number of esters is 1. The van der Waals surface area contributed by atoms with Gasteiger partial charge in [-0.3, -0.25) is 10.1 Å². The molecule has 0 spiro atoms. The minimum Gasteiger partial charge on any atom is -0.447 e. The van der Waals surface area contributed by atoms with Crippen molar-refractivity contribution in [2.45, 2.75) is 226 Å². The Morgan fingerprint density at radius 3 is 1.26 bits per heavy atom. The van der Waals surface area contributed by atoms with Gasteiger partial charge in [0.2, 0.25) is 0 Å². The van der Waals surface area contributed by atoms with Crippen molar-refractivity contribution in [2.24, 2.45) is 0 Å². The summed E-state index contributed by atoms with van der Waals surface area (Å²) in [7, 11) is 0. The molecule has 0 amide bonds. The predicted octanol–water partition coefficient (Wildman–Crippen LogP) is 13.1. The van der Waals surface area contributed by atoms with Crippen LogP contribution in [-0.4, -0.2) is 30.5 Å². The number of hydrogen-bond acceptors (Lipinski definition) is 4. The van der Waals surface area contributed by atoms with Crippen molar-refractivity contribution in [1.82, 2.24) is 5.32 Å². The van der Waals surface area contributed by atoms with Gasteiger partial charge >= 0.3 is 5.97 Å². The van der Waals surface area contributed by atoms with Gasteiger partial charge in [0.15, 0.2) is 6.23 Å². The van der Waals surface area contributed by atoms with Crippen LogP contribution in [0, 0.1) is 0 Å². The first-order valence-corrected chi connectivity index (χ1v) is 20.6. The molecule has 272 valence electrons. The van der Waals surface area contributed by atoms with Crippen LogP contribution in [0.3, 0.4) is 0 Å². The second-order valence-electron chi connectivity index (χ2n) is 13.8. The Hall–Kier alpha value is -1.13. The van der Waals surface area contributed by atoms with E-state index < -0.39 is 0 Å². The topological polar surface area (TPSA) is 58.6 Å². The van der Waals surface area contributed by atoms with Crippen LogP contribution in [0.2, 0.25) is 0 Å². The van der Waals surface area contributed by atoms with E-state index >= 15 is 0 Å². The molecule has 0 aliphatic heterocycles. The molecule has 0 aliphatic rings.